The van der Waals surface area contributed by atoms with E-state index in [1.54, 1.807) is 0 Å². The predicted octanol–water partition coefficient (Wildman–Crippen LogP) is 2.66. The lowest BCUT2D eigenvalue weighted by Gasteiger charge is -2.39. The van der Waals surface area contributed by atoms with Crippen LogP contribution in [0.2, 0.25) is 0 Å². The Kier molecular flexibility index (Phi) is 9.63. The van der Waals surface area contributed by atoms with Gasteiger partial charge in [-0.05, 0) is 43.4 Å². The summed E-state index contributed by atoms with van der Waals surface area (Å²) in [6.07, 6.45) is 1.99. The molecule has 1 aromatic rings. The first-order valence-electron chi connectivity index (χ1n) is 12.2. The number of aliphatic imine (C=N–C) groups is 1. The van der Waals surface area contributed by atoms with Gasteiger partial charge in [-0.25, -0.2) is 0 Å². The molecular weight excluding hydrogens is 404 g/mol. The molecule has 2 aliphatic rings. The van der Waals surface area contributed by atoms with Gasteiger partial charge in [0.1, 0.15) is 5.75 Å². The molecule has 7 heteroatoms. The van der Waals surface area contributed by atoms with Gasteiger partial charge in [-0.2, -0.15) is 0 Å². The maximum atomic E-state index is 5.70. The van der Waals surface area contributed by atoms with Crippen molar-refractivity contribution >= 4 is 5.96 Å². The van der Waals surface area contributed by atoms with Crippen molar-refractivity contribution in [2.24, 2.45) is 10.9 Å². The van der Waals surface area contributed by atoms with Crippen molar-refractivity contribution in [2.75, 3.05) is 66.3 Å². The third kappa shape index (κ3) is 6.59. The third-order valence-electron chi connectivity index (χ3n) is 6.81. The molecular formula is C25H42N4O3. The lowest BCUT2D eigenvalue weighted by Crippen LogP contribution is -2.54. The second-order valence-corrected chi connectivity index (χ2v) is 9.12. The topological polar surface area (TPSA) is 67.4 Å². The minimum atomic E-state index is 0.0300. The van der Waals surface area contributed by atoms with Gasteiger partial charge in [0.15, 0.2) is 5.96 Å². The van der Waals surface area contributed by atoms with E-state index >= 15 is 0 Å². The van der Waals surface area contributed by atoms with Crippen molar-refractivity contribution in [3.05, 3.63) is 29.8 Å². The number of guanidine groups is 1. The van der Waals surface area contributed by atoms with E-state index < -0.39 is 0 Å². The summed E-state index contributed by atoms with van der Waals surface area (Å²) in [4.78, 5) is 7.05. The molecule has 0 saturated carbocycles. The van der Waals surface area contributed by atoms with Crippen LogP contribution in [0, 0.1) is 5.92 Å². The van der Waals surface area contributed by atoms with Gasteiger partial charge < -0.3 is 24.8 Å². The molecule has 2 N–H and O–H groups in total. The lowest BCUT2D eigenvalue weighted by atomic mass is 9.74. The van der Waals surface area contributed by atoms with Crippen LogP contribution in [0.3, 0.4) is 0 Å². The van der Waals surface area contributed by atoms with E-state index in [1.165, 1.54) is 5.56 Å². The predicted molar refractivity (Wildman–Crippen MR) is 130 cm³/mol. The maximum absolute atomic E-state index is 5.70. The Morgan fingerprint density at radius 1 is 1.06 bits per heavy atom. The summed E-state index contributed by atoms with van der Waals surface area (Å²) in [7, 11) is 1.85. The Morgan fingerprint density at radius 3 is 2.31 bits per heavy atom. The van der Waals surface area contributed by atoms with E-state index in [9.17, 15) is 0 Å². The fourth-order valence-corrected chi connectivity index (χ4v) is 4.77. The van der Waals surface area contributed by atoms with Crippen LogP contribution in [0.4, 0.5) is 0 Å². The molecule has 2 fully saturated rings. The minimum Gasteiger partial charge on any atom is -0.494 e. The van der Waals surface area contributed by atoms with E-state index in [4.69, 9.17) is 14.2 Å². The van der Waals surface area contributed by atoms with E-state index in [-0.39, 0.29) is 5.41 Å². The summed E-state index contributed by atoms with van der Waals surface area (Å²) in [5.41, 5.74) is 1.36. The summed E-state index contributed by atoms with van der Waals surface area (Å²) >= 11 is 0. The highest BCUT2D eigenvalue weighted by atomic mass is 16.5. The van der Waals surface area contributed by atoms with Crippen LogP contribution in [0.1, 0.15) is 39.2 Å². The summed E-state index contributed by atoms with van der Waals surface area (Å²) < 4.78 is 16.9. The fourth-order valence-electron chi connectivity index (χ4n) is 4.77. The third-order valence-corrected chi connectivity index (χ3v) is 6.81. The summed E-state index contributed by atoms with van der Waals surface area (Å²) in [6.45, 7) is 14.2. The molecule has 1 aromatic carbocycles. The minimum absolute atomic E-state index is 0.0300. The highest BCUT2D eigenvalue weighted by molar-refractivity contribution is 5.79. The largest absolute Gasteiger partial charge is 0.494 e. The van der Waals surface area contributed by atoms with E-state index in [2.05, 4.69) is 58.6 Å². The molecule has 1 atom stereocenters. The number of ether oxygens (including phenoxy) is 3. The number of nitrogens with one attached hydrogen (secondary N) is 2. The number of nitrogens with zero attached hydrogens (tertiary/aromatic N) is 2. The number of hydrogen-bond donors (Lipinski definition) is 2. The van der Waals surface area contributed by atoms with Gasteiger partial charge in [0, 0.05) is 57.9 Å². The average Bonchev–Trinajstić information content (AvgIpc) is 2.83. The van der Waals surface area contributed by atoms with Crippen LogP contribution in [-0.2, 0) is 14.9 Å². The van der Waals surface area contributed by atoms with Crippen LogP contribution in [0.25, 0.3) is 0 Å². The molecule has 0 spiro atoms. The van der Waals surface area contributed by atoms with E-state index in [0.717, 1.165) is 77.2 Å². The Morgan fingerprint density at radius 2 is 1.72 bits per heavy atom. The summed E-state index contributed by atoms with van der Waals surface area (Å²) in [5, 5.41) is 7.21. The second kappa shape index (κ2) is 12.4. The van der Waals surface area contributed by atoms with E-state index in [0.29, 0.717) is 18.6 Å². The lowest BCUT2D eigenvalue weighted by molar-refractivity contribution is 0.00750. The zero-order valence-electron chi connectivity index (χ0n) is 20.4. The number of morpholine rings is 1. The quantitative estimate of drug-likeness (QED) is 0.449. The molecule has 32 heavy (non-hydrogen) atoms. The molecule has 7 nitrogen and oxygen atoms in total. The van der Waals surface area contributed by atoms with Gasteiger partial charge in [-0.15, -0.1) is 0 Å². The Bertz CT molecular complexity index is 696. The number of hydrogen-bond acceptors (Lipinski definition) is 5. The van der Waals surface area contributed by atoms with Crippen molar-refractivity contribution in [2.45, 2.75) is 45.1 Å². The van der Waals surface area contributed by atoms with E-state index in [1.807, 2.05) is 14.0 Å². The highest BCUT2D eigenvalue weighted by Gasteiger charge is 2.35. The van der Waals surface area contributed by atoms with Gasteiger partial charge in [0.25, 0.3) is 0 Å². The van der Waals surface area contributed by atoms with Gasteiger partial charge >= 0.3 is 0 Å². The molecule has 0 aliphatic carbocycles. The van der Waals surface area contributed by atoms with Crippen molar-refractivity contribution in [1.29, 1.82) is 0 Å². The van der Waals surface area contributed by atoms with Crippen LogP contribution >= 0.6 is 0 Å². The number of benzene rings is 1. The van der Waals surface area contributed by atoms with Crippen molar-refractivity contribution in [1.82, 2.24) is 15.5 Å². The first-order valence-corrected chi connectivity index (χ1v) is 12.2. The first kappa shape index (κ1) is 24.8. The Hall–Kier alpha value is -1.83. The van der Waals surface area contributed by atoms with Crippen LogP contribution in [0.15, 0.2) is 29.3 Å². The van der Waals surface area contributed by atoms with Crippen molar-refractivity contribution in [3.63, 3.8) is 0 Å². The number of rotatable bonds is 9. The molecule has 0 radical (unpaired) electrons. The smallest absolute Gasteiger partial charge is 0.191 e. The Balaban J connectivity index is 1.62. The van der Waals surface area contributed by atoms with Crippen molar-refractivity contribution in [3.8, 4) is 5.75 Å². The molecule has 2 saturated heterocycles. The zero-order chi connectivity index (χ0) is 22.8. The first-order chi connectivity index (χ1) is 15.6. The summed E-state index contributed by atoms with van der Waals surface area (Å²) in [6, 6.07) is 9.04. The normalized spacial score (nSPS) is 20.7. The van der Waals surface area contributed by atoms with Crippen LogP contribution < -0.4 is 15.4 Å². The standard InChI is InChI=1S/C25H42N4O3/c1-5-32-22-8-6-21(7-9-22)25(10-14-30-15-11-25)19-28-24(26-4)27-18-23(20(2)3)29-12-16-31-17-13-29/h6-9,20,23H,5,10-19H2,1-4H3,(H2,26,27,28). The van der Waals surface area contributed by atoms with Gasteiger partial charge in [0.05, 0.1) is 19.8 Å². The molecule has 1 unspecified atom stereocenters. The zero-order valence-corrected chi connectivity index (χ0v) is 20.4. The molecule has 3 rings (SSSR count). The second-order valence-electron chi connectivity index (χ2n) is 9.12. The van der Waals surface area contributed by atoms with Crippen LogP contribution in [0.5, 0.6) is 5.75 Å². The molecule has 0 aromatic heterocycles. The van der Waals surface area contributed by atoms with Gasteiger partial charge in [-0.1, -0.05) is 26.0 Å². The molecule has 180 valence electrons. The molecule has 2 heterocycles. The maximum Gasteiger partial charge on any atom is 0.191 e. The van der Waals surface area contributed by atoms with Gasteiger partial charge in [0.2, 0.25) is 0 Å². The molecule has 2 aliphatic heterocycles. The fraction of sp³-hybridized carbons (Fsp3) is 0.720. The summed E-state index contributed by atoms with van der Waals surface area (Å²) in [5.74, 6) is 2.34. The average molecular weight is 447 g/mol. The highest BCUT2D eigenvalue weighted by Crippen LogP contribution is 2.35. The van der Waals surface area contributed by atoms with Gasteiger partial charge in [-0.3, -0.25) is 9.89 Å². The molecule has 0 bridgehead atoms. The SMILES string of the molecule is CCOc1ccc(C2(CNC(=NC)NCC(C(C)C)N3CCOCC3)CCOCC2)cc1. The molecule has 0 amide bonds. The van der Waals surface area contributed by atoms with Crippen LogP contribution in [-0.4, -0.2) is 83.2 Å². The monoisotopic (exact) mass is 446 g/mol. The Labute approximate surface area is 193 Å². The van der Waals surface area contributed by atoms with Crippen molar-refractivity contribution < 1.29 is 14.2 Å².